The number of halogens is 1. The van der Waals surface area contributed by atoms with Gasteiger partial charge >= 0.3 is 5.97 Å². The quantitative estimate of drug-likeness (QED) is 0.843. The molecule has 0 saturated heterocycles. The summed E-state index contributed by atoms with van der Waals surface area (Å²) in [7, 11) is 0. The van der Waals surface area contributed by atoms with E-state index in [4.69, 9.17) is 10.5 Å². The zero-order valence-corrected chi connectivity index (χ0v) is 13.5. The van der Waals surface area contributed by atoms with Crippen molar-refractivity contribution in [3.63, 3.8) is 0 Å². The first kappa shape index (κ1) is 15.1. The van der Waals surface area contributed by atoms with Crippen molar-refractivity contribution < 1.29 is 9.53 Å². The van der Waals surface area contributed by atoms with Crippen LogP contribution in [-0.2, 0) is 9.53 Å². The molecule has 4 nitrogen and oxygen atoms in total. The molecule has 1 aromatic heterocycles. The Labute approximate surface area is 126 Å². The van der Waals surface area contributed by atoms with Gasteiger partial charge in [-0.05, 0) is 44.5 Å². The Balaban J connectivity index is 2.39. The highest BCUT2D eigenvalue weighted by Gasteiger charge is 2.27. The second-order valence-electron chi connectivity index (χ2n) is 5.76. The third kappa shape index (κ3) is 3.22. The van der Waals surface area contributed by atoms with E-state index in [0.717, 1.165) is 20.9 Å². The first-order valence-electron chi connectivity index (χ1n) is 6.51. The maximum atomic E-state index is 12.3. The summed E-state index contributed by atoms with van der Waals surface area (Å²) >= 11 is 3.45. The Bertz CT molecular complexity index is 628. The van der Waals surface area contributed by atoms with E-state index in [1.54, 1.807) is 0 Å². The highest BCUT2D eigenvalue weighted by Crippen LogP contribution is 2.29. The van der Waals surface area contributed by atoms with E-state index in [1.807, 2.05) is 45.2 Å². The predicted molar refractivity (Wildman–Crippen MR) is 83.6 cm³/mol. The highest BCUT2D eigenvalue weighted by molar-refractivity contribution is 9.10. The molecule has 1 aromatic carbocycles. The number of aromatic nitrogens is 1. The average Bonchev–Trinajstić information content (AvgIpc) is 2.71. The van der Waals surface area contributed by atoms with E-state index < -0.39 is 11.5 Å². The molecule has 1 atom stereocenters. The molecule has 0 aliphatic carbocycles. The van der Waals surface area contributed by atoms with Crippen molar-refractivity contribution in [1.29, 1.82) is 0 Å². The van der Waals surface area contributed by atoms with Crippen molar-refractivity contribution in [1.82, 2.24) is 4.98 Å². The average molecular weight is 339 g/mol. The van der Waals surface area contributed by atoms with Crippen LogP contribution in [0.5, 0.6) is 0 Å². The van der Waals surface area contributed by atoms with Crippen LogP contribution in [0.15, 0.2) is 28.9 Å². The lowest BCUT2D eigenvalue weighted by molar-refractivity contribution is -0.156. The summed E-state index contributed by atoms with van der Waals surface area (Å²) in [6, 6.07) is 5.90. The predicted octanol–water partition coefficient (Wildman–Crippen LogP) is 3.31. The normalized spacial score (nSPS) is 13.4. The van der Waals surface area contributed by atoms with Crippen LogP contribution < -0.4 is 5.73 Å². The van der Waals surface area contributed by atoms with Gasteiger partial charge in [0.25, 0.3) is 0 Å². The maximum absolute atomic E-state index is 12.3. The van der Waals surface area contributed by atoms with Crippen LogP contribution in [0, 0.1) is 0 Å². The van der Waals surface area contributed by atoms with Gasteiger partial charge in [0.15, 0.2) is 0 Å². The van der Waals surface area contributed by atoms with E-state index in [9.17, 15) is 4.79 Å². The molecule has 0 spiro atoms. The molecule has 3 N–H and O–H groups in total. The number of hydrogen-bond donors (Lipinski definition) is 2. The molecule has 1 heterocycles. The van der Waals surface area contributed by atoms with E-state index in [1.165, 1.54) is 0 Å². The highest BCUT2D eigenvalue weighted by atomic mass is 79.9. The number of H-pyrrole nitrogens is 1. The molecular formula is C15H19BrN2O2. The van der Waals surface area contributed by atoms with Crippen molar-refractivity contribution in [3.05, 3.63) is 34.4 Å². The molecule has 1 unspecified atom stereocenters. The summed E-state index contributed by atoms with van der Waals surface area (Å²) in [5, 5.41) is 0.987. The molecule has 0 amide bonds. The lowest BCUT2D eigenvalue weighted by Gasteiger charge is -2.23. The van der Waals surface area contributed by atoms with Crippen LogP contribution in [0.1, 0.15) is 32.3 Å². The number of hydrogen-bond acceptors (Lipinski definition) is 3. The molecule has 0 aliphatic heterocycles. The fourth-order valence-corrected chi connectivity index (χ4v) is 2.49. The summed E-state index contributed by atoms with van der Waals surface area (Å²) in [4.78, 5) is 15.5. The third-order valence-corrected chi connectivity index (χ3v) is 3.47. The SMILES string of the molecule is CC(C)(C)OC(=O)C(CN)c1c[nH]c2ccc(Br)cc12. The lowest BCUT2D eigenvalue weighted by atomic mass is 9.98. The molecule has 0 bridgehead atoms. The van der Waals surface area contributed by atoms with E-state index in [-0.39, 0.29) is 12.5 Å². The van der Waals surface area contributed by atoms with Gasteiger partial charge in [-0.25, -0.2) is 0 Å². The van der Waals surface area contributed by atoms with Gasteiger partial charge < -0.3 is 15.5 Å². The van der Waals surface area contributed by atoms with Crippen molar-refractivity contribution >= 4 is 32.8 Å². The fourth-order valence-electron chi connectivity index (χ4n) is 2.13. The van der Waals surface area contributed by atoms with Crippen LogP contribution in [0.2, 0.25) is 0 Å². The van der Waals surface area contributed by atoms with Crippen molar-refractivity contribution in [2.24, 2.45) is 5.73 Å². The Kier molecular flexibility index (Phi) is 4.20. The van der Waals surface area contributed by atoms with Crippen LogP contribution in [0.25, 0.3) is 10.9 Å². The number of aromatic amines is 1. The van der Waals surface area contributed by atoms with Gasteiger partial charge in [-0.15, -0.1) is 0 Å². The number of carbonyl (C=O) groups excluding carboxylic acids is 1. The molecule has 20 heavy (non-hydrogen) atoms. The summed E-state index contributed by atoms with van der Waals surface area (Å²) < 4.78 is 6.41. The number of nitrogens with one attached hydrogen (secondary N) is 1. The van der Waals surface area contributed by atoms with Gasteiger partial charge in [0.1, 0.15) is 5.60 Å². The molecule has 0 saturated carbocycles. The summed E-state index contributed by atoms with van der Waals surface area (Å²) in [6.07, 6.45) is 1.83. The topological polar surface area (TPSA) is 68.1 Å². The lowest BCUT2D eigenvalue weighted by Crippen LogP contribution is -2.31. The smallest absolute Gasteiger partial charge is 0.315 e. The number of carbonyl (C=O) groups is 1. The minimum atomic E-state index is -0.517. The summed E-state index contributed by atoms with van der Waals surface area (Å²) in [5.74, 6) is -0.752. The van der Waals surface area contributed by atoms with E-state index in [2.05, 4.69) is 20.9 Å². The zero-order chi connectivity index (χ0) is 14.9. The number of nitrogens with two attached hydrogens (primary N) is 1. The second-order valence-corrected chi connectivity index (χ2v) is 6.67. The van der Waals surface area contributed by atoms with E-state index >= 15 is 0 Å². The molecule has 2 aromatic rings. The summed E-state index contributed by atoms with van der Waals surface area (Å²) in [6.45, 7) is 5.77. The first-order valence-corrected chi connectivity index (χ1v) is 7.30. The molecule has 108 valence electrons. The molecule has 5 heteroatoms. The molecule has 0 aliphatic rings. The monoisotopic (exact) mass is 338 g/mol. The molecule has 2 rings (SSSR count). The largest absolute Gasteiger partial charge is 0.459 e. The van der Waals surface area contributed by atoms with Crippen LogP contribution in [0.4, 0.5) is 0 Å². The number of esters is 1. The Morgan fingerprint density at radius 3 is 2.75 bits per heavy atom. The Morgan fingerprint density at radius 1 is 1.45 bits per heavy atom. The first-order chi connectivity index (χ1) is 9.31. The summed E-state index contributed by atoms with van der Waals surface area (Å²) in [5.41, 5.74) is 7.12. The second kappa shape index (κ2) is 5.58. The van der Waals surface area contributed by atoms with Gasteiger partial charge in [-0.1, -0.05) is 15.9 Å². The van der Waals surface area contributed by atoms with Crippen LogP contribution >= 0.6 is 15.9 Å². The number of ether oxygens (including phenoxy) is 1. The molecule has 0 radical (unpaired) electrons. The standard InChI is InChI=1S/C15H19BrN2O2/c1-15(2,3)20-14(19)11(7-17)12-8-18-13-5-4-9(16)6-10(12)13/h4-6,8,11,18H,7,17H2,1-3H3. The number of benzene rings is 1. The maximum Gasteiger partial charge on any atom is 0.315 e. The number of fused-ring (bicyclic) bond motifs is 1. The van der Waals surface area contributed by atoms with Crippen LogP contribution in [-0.4, -0.2) is 23.1 Å². The van der Waals surface area contributed by atoms with Crippen molar-refractivity contribution in [2.75, 3.05) is 6.54 Å². The van der Waals surface area contributed by atoms with E-state index in [0.29, 0.717) is 0 Å². The zero-order valence-electron chi connectivity index (χ0n) is 11.9. The van der Waals surface area contributed by atoms with Gasteiger partial charge in [-0.2, -0.15) is 0 Å². The molecular weight excluding hydrogens is 320 g/mol. The fraction of sp³-hybridized carbons (Fsp3) is 0.400. The minimum absolute atomic E-state index is 0.217. The Hall–Kier alpha value is -1.33. The van der Waals surface area contributed by atoms with Crippen molar-refractivity contribution in [2.45, 2.75) is 32.3 Å². The van der Waals surface area contributed by atoms with Gasteiger partial charge in [0.05, 0.1) is 5.92 Å². The molecule has 0 fully saturated rings. The van der Waals surface area contributed by atoms with Gasteiger partial charge in [-0.3, -0.25) is 4.79 Å². The van der Waals surface area contributed by atoms with Gasteiger partial charge in [0, 0.05) is 28.1 Å². The van der Waals surface area contributed by atoms with Gasteiger partial charge in [0.2, 0.25) is 0 Å². The third-order valence-electron chi connectivity index (χ3n) is 2.98. The van der Waals surface area contributed by atoms with Crippen LogP contribution in [0.3, 0.4) is 0 Å². The van der Waals surface area contributed by atoms with Crippen molar-refractivity contribution in [3.8, 4) is 0 Å². The Morgan fingerprint density at radius 2 is 2.15 bits per heavy atom. The minimum Gasteiger partial charge on any atom is -0.459 e. The number of rotatable bonds is 3.